The largest absolute Gasteiger partial charge is 0.508 e. The zero-order valence-electron chi connectivity index (χ0n) is 69.3. The minimum atomic E-state index is -0.861. The summed E-state index contributed by atoms with van der Waals surface area (Å²) in [6.07, 6.45) is 5.84. The number of fused-ring (bicyclic) bond motifs is 6. The number of nitrogens with zero attached hydrogens (tertiary/aromatic N) is 15. The Morgan fingerprint density at radius 3 is 1.06 bits per heavy atom. The number of hydrogen-bond donors (Lipinski definition) is 6. The zero-order valence-corrected chi connectivity index (χ0v) is 71.8. The SMILES string of the molecule is C#CCN1CC(=O)N2[C@@H](Cc3ccc(O)cc3)C(=O)N(Cc3ccc4ncsc4c3)C[C@@H]2N1C(=O)NCc1ccccc1.C=CCN1CC(=O)N2[C@@H](Cc3ccc(O)cc3)C(=O)N(Cc3ccc4ncsc4c3)C[C@@H]2N1C(=O)NCc1ccccc1.CN1CC(=O)N2[C@@H](Cc3ccc(O)cc3)C(=O)N(Cc3ccc4ncsc4c3)C[C@@H]2N1C(=O)NCc1ccccc1. The predicted molar refractivity (Wildman–Crippen MR) is 480 cm³/mol. The highest BCUT2D eigenvalue weighted by atomic mass is 32.1. The number of thiazole rings is 3. The van der Waals surface area contributed by atoms with Crippen molar-refractivity contribution in [3.8, 4) is 29.6 Å². The molecule has 6 N–H and O–H groups in total. The average molecular weight is 1760 g/mol. The Kier molecular flexibility index (Phi) is 26.5. The van der Waals surface area contributed by atoms with Gasteiger partial charge in [-0.15, -0.1) is 47.0 Å². The molecule has 0 spiro atoms. The summed E-state index contributed by atoms with van der Waals surface area (Å²) in [5, 5.41) is 47.8. The summed E-state index contributed by atoms with van der Waals surface area (Å²) in [6, 6.07) is 62.7. The van der Waals surface area contributed by atoms with E-state index < -0.39 is 42.7 Å². The highest BCUT2D eigenvalue weighted by Gasteiger charge is 2.55. The topological polar surface area (TPSA) is 328 Å². The van der Waals surface area contributed by atoms with E-state index in [0.717, 1.165) is 80.7 Å². The van der Waals surface area contributed by atoms with Crippen LogP contribution in [-0.4, -0.2) is 239 Å². The lowest BCUT2D eigenvalue weighted by atomic mass is 9.98. The first kappa shape index (κ1) is 86.4. The first-order valence-corrected chi connectivity index (χ1v) is 44.0. The number of piperazine rings is 3. The molecule has 0 bridgehead atoms. The van der Waals surface area contributed by atoms with Crippen LogP contribution in [0.3, 0.4) is 0 Å². The maximum absolute atomic E-state index is 14.1. The van der Waals surface area contributed by atoms with Gasteiger partial charge < -0.3 is 60.7 Å². The molecule has 6 atom stereocenters. The van der Waals surface area contributed by atoms with E-state index in [1.165, 1.54) is 43.9 Å². The predicted octanol–water partition coefficient (Wildman–Crippen LogP) is 10.1. The van der Waals surface area contributed by atoms with Gasteiger partial charge in [-0.25, -0.2) is 54.4 Å². The van der Waals surface area contributed by atoms with Crippen LogP contribution in [0, 0.1) is 12.3 Å². The van der Waals surface area contributed by atoms with Crippen molar-refractivity contribution >= 4 is 118 Å². The number of aromatic nitrogens is 3. The Bertz CT molecular complexity index is 6070. The van der Waals surface area contributed by atoms with Crippen molar-refractivity contribution < 1.29 is 58.5 Å². The van der Waals surface area contributed by atoms with Gasteiger partial charge in [0.1, 0.15) is 53.9 Å². The van der Waals surface area contributed by atoms with Crippen LogP contribution >= 0.6 is 34.0 Å². The van der Waals surface area contributed by atoms with Gasteiger partial charge in [0.25, 0.3) is 0 Å². The molecule has 648 valence electrons. The van der Waals surface area contributed by atoms with Crippen LogP contribution < -0.4 is 16.0 Å². The Labute approximate surface area is 744 Å². The fraction of sp³-hybridized carbons (Fsp3) is 0.255. The molecule has 12 aromatic rings. The van der Waals surface area contributed by atoms with E-state index in [4.69, 9.17) is 6.42 Å². The quantitative estimate of drug-likeness (QED) is 0.0288. The summed E-state index contributed by atoms with van der Waals surface area (Å²) in [5.74, 6) is 1.60. The molecule has 30 nitrogen and oxygen atoms in total. The third-order valence-corrected chi connectivity index (χ3v) is 25.5. The molecule has 127 heavy (non-hydrogen) atoms. The number of urea groups is 3. The maximum Gasteiger partial charge on any atom is 0.334 e. The van der Waals surface area contributed by atoms with Gasteiger partial charge in [0.2, 0.25) is 35.4 Å². The summed E-state index contributed by atoms with van der Waals surface area (Å²) in [5.41, 5.74) is 16.1. The van der Waals surface area contributed by atoms with E-state index in [2.05, 4.69) is 43.4 Å². The van der Waals surface area contributed by atoms with Gasteiger partial charge in [0.05, 0.1) is 93.0 Å². The highest BCUT2D eigenvalue weighted by Crippen LogP contribution is 2.36. The monoisotopic (exact) mass is 1760 g/mol. The number of terminal acetylenes is 1. The van der Waals surface area contributed by atoms with Crippen molar-refractivity contribution in [1.82, 2.24) is 90.4 Å². The van der Waals surface area contributed by atoms with E-state index in [1.807, 2.05) is 146 Å². The number of rotatable bonds is 21. The fourth-order valence-corrected chi connectivity index (χ4v) is 19.3. The van der Waals surface area contributed by atoms with Crippen LogP contribution in [0.15, 0.2) is 248 Å². The van der Waals surface area contributed by atoms with Crippen molar-refractivity contribution in [2.24, 2.45) is 0 Å². The number of phenols is 3. The number of hydrogen-bond acceptors (Lipinski definition) is 21. The molecule has 6 aliphatic rings. The third kappa shape index (κ3) is 19.7. The van der Waals surface area contributed by atoms with Crippen molar-refractivity contribution in [3.63, 3.8) is 0 Å². The van der Waals surface area contributed by atoms with E-state index in [0.29, 0.717) is 32.7 Å². The van der Waals surface area contributed by atoms with Crippen LogP contribution in [0.5, 0.6) is 17.2 Å². The number of phenolic OH excluding ortho intramolecular Hbond substituents is 3. The van der Waals surface area contributed by atoms with Gasteiger partial charge in [-0.2, -0.15) is 5.01 Å². The van der Waals surface area contributed by atoms with E-state index in [-0.39, 0.29) is 143 Å². The number of nitrogens with one attached hydrogen (secondary N) is 3. The summed E-state index contributed by atoms with van der Waals surface area (Å²) in [4.78, 5) is 147. The highest BCUT2D eigenvalue weighted by molar-refractivity contribution is 7.17. The molecule has 12 amide bonds. The molecule has 6 saturated heterocycles. The number of carbonyl (C=O) groups excluding carboxylic acids is 9. The van der Waals surface area contributed by atoms with Gasteiger partial charge in [-0.3, -0.25) is 28.8 Å². The van der Waals surface area contributed by atoms with Crippen LogP contribution in [0.4, 0.5) is 14.4 Å². The smallest absolute Gasteiger partial charge is 0.334 e. The number of hydrazine groups is 3. The lowest BCUT2D eigenvalue weighted by Crippen LogP contribution is -2.76. The molecule has 0 unspecified atom stereocenters. The first-order chi connectivity index (χ1) is 61.7. The van der Waals surface area contributed by atoms with Crippen molar-refractivity contribution in [1.29, 1.82) is 0 Å². The maximum atomic E-state index is 14.1. The third-order valence-electron chi connectivity index (χ3n) is 23.1. The Balaban J connectivity index is 0.000000140. The molecular weight excluding hydrogens is 1670 g/mol. The van der Waals surface area contributed by atoms with E-state index in [9.17, 15) is 58.5 Å². The minimum Gasteiger partial charge on any atom is -0.508 e. The lowest BCUT2D eigenvalue weighted by molar-refractivity contribution is -0.189. The molecular formula is C94H92N18O12S3. The molecule has 3 aromatic heterocycles. The van der Waals surface area contributed by atoms with Crippen LogP contribution in [0.1, 0.15) is 50.1 Å². The van der Waals surface area contributed by atoms with Gasteiger partial charge in [0.15, 0.2) is 0 Å². The molecule has 0 radical (unpaired) electrons. The number of amides is 12. The van der Waals surface area contributed by atoms with Crippen molar-refractivity contribution in [3.05, 3.63) is 298 Å². The van der Waals surface area contributed by atoms with E-state index >= 15 is 0 Å². The fourth-order valence-electron chi connectivity index (χ4n) is 17.1. The molecule has 9 heterocycles. The minimum absolute atomic E-state index is 0.0311. The second-order valence-electron chi connectivity index (χ2n) is 31.6. The summed E-state index contributed by atoms with van der Waals surface area (Å²) >= 11 is 4.60. The first-order valence-electron chi connectivity index (χ1n) is 41.4. The Morgan fingerprint density at radius 1 is 0.417 bits per heavy atom. The van der Waals surface area contributed by atoms with Crippen molar-refractivity contribution in [2.45, 2.75) is 95.2 Å². The molecule has 0 aliphatic carbocycles. The summed E-state index contributed by atoms with van der Waals surface area (Å²) in [6.45, 7) is 6.24. The molecule has 6 aliphatic heterocycles. The normalized spacial score (nSPS) is 19.1. The second kappa shape index (κ2) is 39.0. The molecule has 33 heteroatoms. The zero-order chi connectivity index (χ0) is 88.4. The van der Waals surface area contributed by atoms with Gasteiger partial charge >= 0.3 is 18.1 Å². The van der Waals surface area contributed by atoms with Gasteiger partial charge in [-0.1, -0.05) is 158 Å². The van der Waals surface area contributed by atoms with E-state index in [1.54, 1.807) is 152 Å². The molecule has 18 rings (SSSR count). The lowest BCUT2D eigenvalue weighted by Gasteiger charge is -2.55. The van der Waals surface area contributed by atoms with Gasteiger partial charge in [0, 0.05) is 72.1 Å². The van der Waals surface area contributed by atoms with Gasteiger partial charge in [-0.05, 0) is 123 Å². The molecule has 0 saturated carbocycles. The summed E-state index contributed by atoms with van der Waals surface area (Å²) in [7, 11) is 1.71. The standard InChI is InChI=1S/C32H32N6O4S.C32H30N6O4S.C30H30N6O4S/c2*1-2-14-36-20-30(40)37-27(15-22-8-11-25(39)12-9-22)31(41)35(18-24-10-13-26-28(16-24)43-21-34-26)19-29(37)38(36)32(42)33-17-23-6-4-3-5-7-23;1-33-18-28(38)35-25(13-20-7-10-23(37)11-8-20)29(39)34(16-22-9-12-24-26(14-22)41-19-32-24)17-27(35)36(33)30(40)31-15-21-5-3-2-4-6-21/h2-13,16,21,27,29,39H,1,14-15,17-20H2,(H,33,42);1,3-13,16,21,27,29,39H,14-15,17-20H2,(H,33,42);2-12,14,19,25,27,37H,13,15-18H2,1H3,(H,31,40)/t2*27-,29-;25-,27-/m000/s1. The Morgan fingerprint density at radius 2 is 0.724 bits per heavy atom. The number of benzene rings is 9. The van der Waals surface area contributed by atoms with Crippen LogP contribution in [0.25, 0.3) is 30.6 Å². The van der Waals surface area contributed by atoms with Crippen LogP contribution in [0.2, 0.25) is 0 Å². The molecule has 6 fully saturated rings. The summed E-state index contributed by atoms with van der Waals surface area (Å²) < 4.78 is 3.07. The molecule has 9 aromatic carbocycles. The van der Waals surface area contributed by atoms with Crippen molar-refractivity contribution in [2.75, 3.05) is 59.4 Å². The average Bonchev–Trinajstić information content (AvgIpc) is 1.52. The number of likely N-dealkylation sites (N-methyl/N-ethyl adjacent to an activating group) is 1. The second-order valence-corrected chi connectivity index (χ2v) is 34.2. The number of carbonyl (C=O) groups is 9. The Hall–Kier alpha value is -14.1. The number of aromatic hydroxyl groups is 3. The van der Waals surface area contributed by atoms with Crippen LogP contribution in [-0.2, 0) is 87.3 Å².